The van der Waals surface area contributed by atoms with Gasteiger partial charge in [-0.25, -0.2) is 8.42 Å². The van der Waals surface area contributed by atoms with Gasteiger partial charge in [-0.2, -0.15) is 0 Å². The second kappa shape index (κ2) is 9.06. The molecule has 3 rings (SSSR count). The lowest BCUT2D eigenvalue weighted by Crippen LogP contribution is -2.28. The van der Waals surface area contributed by atoms with Crippen LogP contribution in [0.25, 0.3) is 0 Å². The van der Waals surface area contributed by atoms with E-state index in [2.05, 4.69) is 11.4 Å². The third kappa shape index (κ3) is 4.81. The highest BCUT2D eigenvalue weighted by molar-refractivity contribution is 7.92. The highest BCUT2D eigenvalue weighted by Gasteiger charge is 2.22. The van der Waals surface area contributed by atoms with Gasteiger partial charge in [0.25, 0.3) is 15.9 Å². The molecule has 0 bridgehead atoms. The first-order valence-electron chi connectivity index (χ1n) is 9.58. The molecule has 2 aromatic carbocycles. The molecule has 0 spiro atoms. The maximum absolute atomic E-state index is 12.9. The van der Waals surface area contributed by atoms with E-state index >= 15 is 0 Å². The summed E-state index contributed by atoms with van der Waals surface area (Å²) in [6.07, 6.45) is 7.81. The van der Waals surface area contributed by atoms with Gasteiger partial charge in [-0.3, -0.25) is 9.10 Å². The Labute approximate surface area is 167 Å². The number of para-hydroxylation sites is 1. The van der Waals surface area contributed by atoms with Gasteiger partial charge in [-0.05, 0) is 62.4 Å². The summed E-state index contributed by atoms with van der Waals surface area (Å²) in [4.78, 5) is 12.6. The van der Waals surface area contributed by atoms with Gasteiger partial charge >= 0.3 is 0 Å². The summed E-state index contributed by atoms with van der Waals surface area (Å²) in [5, 5.41) is 2.90. The van der Waals surface area contributed by atoms with Crippen molar-refractivity contribution in [2.24, 2.45) is 0 Å². The van der Waals surface area contributed by atoms with Crippen LogP contribution in [-0.2, 0) is 10.0 Å². The second-order valence-corrected chi connectivity index (χ2v) is 8.92. The number of anilines is 1. The second-order valence-electron chi connectivity index (χ2n) is 6.95. The van der Waals surface area contributed by atoms with Crippen LogP contribution in [0.5, 0.6) is 0 Å². The Morgan fingerprint density at radius 3 is 2.57 bits per heavy atom. The Kier molecular flexibility index (Phi) is 6.52. The highest BCUT2D eigenvalue weighted by atomic mass is 32.2. The van der Waals surface area contributed by atoms with E-state index in [0.717, 1.165) is 19.3 Å². The molecule has 2 aromatic rings. The van der Waals surface area contributed by atoms with Crippen molar-refractivity contribution < 1.29 is 13.2 Å². The number of carbonyl (C=O) groups is 1. The Balaban J connectivity index is 1.68. The summed E-state index contributed by atoms with van der Waals surface area (Å²) in [6.45, 7) is 0.561. The fraction of sp³-hybridized carbons (Fsp3) is 0.318. The molecule has 0 saturated heterocycles. The molecule has 0 unspecified atom stereocenters. The SMILES string of the molecule is CN(c1ccccc1)S(=O)(=O)c1cccc(C(=O)NCCC2=CCCCC2)c1. The predicted octanol–water partition coefficient (Wildman–Crippen LogP) is 4.13. The van der Waals surface area contributed by atoms with E-state index in [9.17, 15) is 13.2 Å². The molecule has 1 aliphatic rings. The van der Waals surface area contributed by atoms with Crippen molar-refractivity contribution in [1.82, 2.24) is 5.32 Å². The summed E-state index contributed by atoms with van der Waals surface area (Å²) >= 11 is 0. The minimum Gasteiger partial charge on any atom is -0.352 e. The first-order chi connectivity index (χ1) is 13.5. The van der Waals surface area contributed by atoms with Crippen molar-refractivity contribution in [2.75, 3.05) is 17.9 Å². The Bertz CT molecular complexity index is 953. The van der Waals surface area contributed by atoms with Crippen LogP contribution in [0.4, 0.5) is 5.69 Å². The van der Waals surface area contributed by atoms with E-state index in [1.807, 2.05) is 6.07 Å². The number of hydrogen-bond acceptors (Lipinski definition) is 3. The molecule has 0 aromatic heterocycles. The lowest BCUT2D eigenvalue weighted by molar-refractivity contribution is 0.0954. The summed E-state index contributed by atoms with van der Waals surface area (Å²) in [6, 6.07) is 15.0. The maximum Gasteiger partial charge on any atom is 0.264 e. The van der Waals surface area contributed by atoms with Gasteiger partial charge in [0.2, 0.25) is 0 Å². The molecule has 148 valence electrons. The molecular weight excluding hydrogens is 372 g/mol. The van der Waals surface area contributed by atoms with Crippen LogP contribution in [0.15, 0.2) is 71.1 Å². The first-order valence-corrected chi connectivity index (χ1v) is 11.0. The van der Waals surface area contributed by atoms with Crippen LogP contribution in [-0.4, -0.2) is 27.9 Å². The van der Waals surface area contributed by atoms with Crippen LogP contribution in [0.1, 0.15) is 42.5 Å². The standard InChI is InChI=1S/C22H26N2O3S/c1-24(20-12-6-3-7-13-20)28(26,27)21-14-8-11-19(17-21)22(25)23-16-15-18-9-4-2-5-10-18/h3,6-9,11-14,17H,2,4-5,10,15-16H2,1H3,(H,23,25). The topological polar surface area (TPSA) is 66.5 Å². The fourth-order valence-corrected chi connectivity index (χ4v) is 4.54. The molecule has 5 nitrogen and oxygen atoms in total. The number of nitrogens with one attached hydrogen (secondary N) is 1. The maximum atomic E-state index is 12.9. The minimum atomic E-state index is -3.74. The lowest BCUT2D eigenvalue weighted by atomic mass is 9.97. The number of hydrogen-bond donors (Lipinski definition) is 1. The van der Waals surface area contributed by atoms with Crippen molar-refractivity contribution in [3.8, 4) is 0 Å². The first kappa shape index (κ1) is 20.1. The molecule has 0 fully saturated rings. The molecular formula is C22H26N2O3S. The summed E-state index contributed by atoms with van der Waals surface area (Å²) in [5.41, 5.74) is 2.31. The van der Waals surface area contributed by atoms with Crippen molar-refractivity contribution in [3.63, 3.8) is 0 Å². The number of nitrogens with zero attached hydrogens (tertiary/aromatic N) is 1. The van der Waals surface area contributed by atoms with E-state index in [0.29, 0.717) is 17.8 Å². The van der Waals surface area contributed by atoms with Crippen molar-refractivity contribution >= 4 is 21.6 Å². The average Bonchev–Trinajstić information content (AvgIpc) is 2.74. The monoisotopic (exact) mass is 398 g/mol. The number of sulfonamides is 1. The average molecular weight is 399 g/mol. The van der Waals surface area contributed by atoms with E-state index in [-0.39, 0.29) is 10.8 Å². The zero-order valence-corrected chi connectivity index (χ0v) is 16.9. The summed E-state index contributed by atoms with van der Waals surface area (Å²) in [5.74, 6) is -0.254. The lowest BCUT2D eigenvalue weighted by Gasteiger charge is -2.19. The van der Waals surface area contributed by atoms with Gasteiger partial charge in [0, 0.05) is 19.2 Å². The Morgan fingerprint density at radius 1 is 1.07 bits per heavy atom. The highest BCUT2D eigenvalue weighted by Crippen LogP contribution is 2.22. The van der Waals surface area contributed by atoms with Crippen molar-refractivity contribution in [1.29, 1.82) is 0 Å². The number of rotatable bonds is 7. The summed E-state index contributed by atoms with van der Waals surface area (Å²) < 4.78 is 27.1. The molecule has 1 aliphatic carbocycles. The van der Waals surface area contributed by atoms with E-state index in [1.54, 1.807) is 36.4 Å². The van der Waals surface area contributed by atoms with Gasteiger partial charge in [-0.15, -0.1) is 0 Å². The largest absolute Gasteiger partial charge is 0.352 e. The van der Waals surface area contributed by atoms with Crippen LogP contribution in [0, 0.1) is 0 Å². The van der Waals surface area contributed by atoms with Gasteiger partial charge in [-0.1, -0.05) is 35.9 Å². The number of amides is 1. The zero-order chi connectivity index (χ0) is 20.0. The molecule has 0 aliphatic heterocycles. The van der Waals surface area contributed by atoms with Crippen LogP contribution < -0.4 is 9.62 Å². The third-order valence-electron chi connectivity index (χ3n) is 4.99. The molecule has 28 heavy (non-hydrogen) atoms. The van der Waals surface area contributed by atoms with Crippen LogP contribution in [0.3, 0.4) is 0 Å². The number of carbonyl (C=O) groups excluding carboxylic acids is 1. The van der Waals surface area contributed by atoms with E-state index in [1.165, 1.54) is 41.9 Å². The van der Waals surface area contributed by atoms with Gasteiger partial charge in [0.05, 0.1) is 10.6 Å². The molecule has 1 amide bonds. The Hall–Kier alpha value is -2.60. The smallest absolute Gasteiger partial charge is 0.264 e. The molecule has 1 N–H and O–H groups in total. The third-order valence-corrected chi connectivity index (χ3v) is 6.77. The van der Waals surface area contributed by atoms with Gasteiger partial charge in [0.1, 0.15) is 0 Å². The normalized spacial score (nSPS) is 14.2. The summed E-state index contributed by atoms with van der Waals surface area (Å²) in [7, 11) is -2.23. The van der Waals surface area contributed by atoms with Crippen molar-refractivity contribution in [3.05, 3.63) is 71.8 Å². The molecule has 0 radical (unpaired) electrons. The number of allylic oxidation sites excluding steroid dienone is 1. The predicted molar refractivity (Wildman–Crippen MR) is 112 cm³/mol. The molecule has 6 heteroatoms. The van der Waals surface area contributed by atoms with Crippen LogP contribution in [0.2, 0.25) is 0 Å². The van der Waals surface area contributed by atoms with Crippen molar-refractivity contribution in [2.45, 2.75) is 37.0 Å². The molecule has 0 atom stereocenters. The fourth-order valence-electron chi connectivity index (χ4n) is 3.30. The van der Waals surface area contributed by atoms with E-state index in [4.69, 9.17) is 0 Å². The zero-order valence-electron chi connectivity index (χ0n) is 16.1. The number of benzene rings is 2. The minimum absolute atomic E-state index is 0.0986. The Morgan fingerprint density at radius 2 is 1.86 bits per heavy atom. The molecule has 0 heterocycles. The van der Waals surface area contributed by atoms with E-state index < -0.39 is 10.0 Å². The van der Waals surface area contributed by atoms with Gasteiger partial charge in [0.15, 0.2) is 0 Å². The van der Waals surface area contributed by atoms with Crippen LogP contribution >= 0.6 is 0 Å². The quantitative estimate of drug-likeness (QED) is 0.713. The van der Waals surface area contributed by atoms with Gasteiger partial charge < -0.3 is 5.32 Å². The molecule has 0 saturated carbocycles.